The third-order valence-electron chi connectivity index (χ3n) is 17.7. The molecule has 0 spiro atoms. The number of aromatic nitrogens is 1. The number of hydrogen-bond donors (Lipinski definition) is 0. The second-order valence-corrected chi connectivity index (χ2v) is 25.6. The van der Waals surface area contributed by atoms with Gasteiger partial charge in [-0.3, -0.25) is 0 Å². The van der Waals surface area contributed by atoms with E-state index < -0.39 is 0 Å². The van der Waals surface area contributed by atoms with Crippen molar-refractivity contribution in [3.8, 4) is 56.3 Å². The van der Waals surface area contributed by atoms with Gasteiger partial charge in [0.25, 0.3) is 6.71 Å². The van der Waals surface area contributed by atoms with Gasteiger partial charge in [-0.2, -0.15) is 5.26 Å². The topological polar surface area (TPSA) is 35.2 Å². The first-order chi connectivity index (χ1) is 40.5. The van der Waals surface area contributed by atoms with E-state index in [1.807, 2.05) is 0 Å². The molecule has 11 aromatic carbocycles. The molecule has 0 amide bonds. The molecule has 0 unspecified atom stereocenters. The van der Waals surface area contributed by atoms with Crippen molar-refractivity contribution in [2.24, 2.45) is 0 Å². The number of nitriles is 1. The molecule has 0 saturated heterocycles. The zero-order valence-electron chi connectivity index (χ0n) is 49.7. The lowest BCUT2D eigenvalue weighted by Gasteiger charge is -2.46. The van der Waals surface area contributed by atoms with Crippen LogP contribution in [0, 0.1) is 39.0 Å². The van der Waals surface area contributed by atoms with E-state index in [1.54, 1.807) is 0 Å². The van der Waals surface area contributed by atoms with Gasteiger partial charge in [0, 0.05) is 55.9 Å². The third kappa shape index (κ3) is 8.57. The van der Waals surface area contributed by atoms with Crippen LogP contribution in [0.3, 0.4) is 0 Å². The number of nitrogens with zero attached hydrogens (tertiary/aromatic N) is 4. The predicted molar refractivity (Wildman–Crippen MR) is 358 cm³/mol. The maximum atomic E-state index is 10.9. The highest BCUT2D eigenvalue weighted by Gasteiger charge is 2.46. The second-order valence-electron chi connectivity index (χ2n) is 25.6. The highest BCUT2D eigenvalue weighted by molar-refractivity contribution is 7.00. The molecule has 5 heteroatoms. The Hall–Kier alpha value is -9.63. The molecule has 84 heavy (non-hydrogen) atoms. The monoisotopic (exact) mass is 1080 g/mol. The fourth-order valence-corrected chi connectivity index (χ4v) is 13.8. The van der Waals surface area contributed by atoms with E-state index in [2.05, 4.69) is 314 Å². The zero-order valence-corrected chi connectivity index (χ0v) is 49.7. The van der Waals surface area contributed by atoms with E-state index in [-0.39, 0.29) is 17.5 Å². The van der Waals surface area contributed by atoms with Gasteiger partial charge in [-0.15, -0.1) is 0 Å². The van der Waals surface area contributed by atoms with Crippen LogP contribution in [0.25, 0.3) is 72.0 Å². The first-order valence-corrected chi connectivity index (χ1v) is 29.6. The van der Waals surface area contributed by atoms with Crippen LogP contribution in [0.2, 0.25) is 0 Å². The summed E-state index contributed by atoms with van der Waals surface area (Å²) < 4.78 is 2.56. The lowest BCUT2D eigenvalue weighted by molar-refractivity contribution is 0.590. The molecule has 2 aliphatic rings. The lowest BCUT2D eigenvalue weighted by atomic mass is 9.33. The molecule has 0 fully saturated rings. The molecule has 0 aliphatic carbocycles. The van der Waals surface area contributed by atoms with Gasteiger partial charge in [-0.1, -0.05) is 210 Å². The Balaban J connectivity index is 1.17. The number of aryl methyl sites for hydroxylation is 4. The maximum absolute atomic E-state index is 10.9. The quantitative estimate of drug-likeness (QED) is 0.149. The number of rotatable bonds is 7. The highest BCUT2D eigenvalue weighted by atomic mass is 15.2. The number of hydrogen-bond acceptors (Lipinski definition) is 3. The van der Waals surface area contributed by atoms with Crippen LogP contribution in [0.5, 0.6) is 0 Å². The van der Waals surface area contributed by atoms with Crippen molar-refractivity contribution in [3.63, 3.8) is 0 Å². The van der Waals surface area contributed by atoms with Gasteiger partial charge < -0.3 is 14.4 Å². The molecule has 4 nitrogen and oxygen atoms in total. The van der Waals surface area contributed by atoms with Crippen molar-refractivity contribution < 1.29 is 0 Å². The molecule has 14 rings (SSSR count). The minimum absolute atomic E-state index is 0.108. The maximum Gasteiger partial charge on any atom is 0.252 e. The summed E-state index contributed by atoms with van der Waals surface area (Å²) in [4.78, 5) is 5.21. The normalized spacial score (nSPS) is 12.8. The molecule has 12 aromatic rings. The zero-order chi connectivity index (χ0) is 57.9. The fraction of sp³-hybridized carbons (Fsp3) is 0.152. The summed E-state index contributed by atoms with van der Waals surface area (Å²) in [7, 11) is 0. The van der Waals surface area contributed by atoms with E-state index in [9.17, 15) is 5.26 Å². The molecule has 406 valence electrons. The second kappa shape index (κ2) is 19.8. The van der Waals surface area contributed by atoms with Crippen molar-refractivity contribution in [3.05, 3.63) is 263 Å². The Labute approximate surface area is 495 Å². The van der Waals surface area contributed by atoms with Crippen molar-refractivity contribution in [2.75, 3.05) is 9.80 Å². The van der Waals surface area contributed by atoms with E-state index in [4.69, 9.17) is 0 Å². The minimum atomic E-state index is -0.278. The van der Waals surface area contributed by atoms with Crippen LogP contribution in [-0.4, -0.2) is 11.3 Å². The predicted octanol–water partition coefficient (Wildman–Crippen LogP) is 19.2. The summed E-state index contributed by atoms with van der Waals surface area (Å²) in [5.74, 6) is 0. The van der Waals surface area contributed by atoms with Crippen molar-refractivity contribution in [1.29, 1.82) is 5.26 Å². The molecular weight excluding hydrogens is 1020 g/mol. The average molecular weight is 1080 g/mol. The fourth-order valence-electron chi connectivity index (χ4n) is 13.8. The van der Waals surface area contributed by atoms with Crippen LogP contribution < -0.4 is 26.2 Å². The SMILES string of the molecule is Cc1cc(C)c2c(c1)c1cc(C)cc(C)c1n2-c1ccc2c(c1)N(c1ccc(C(C)(C)C)cc1-c1ccccc1)c1cc(C(C)(C)C)cc3c1B2c1cc(-c2ccccc2)ccc1N3c1c(-c2ccccc2)cc(C#N)cc1-c1ccccc1. The molecule has 0 radical (unpaired) electrons. The molecule has 1 aromatic heterocycles. The Morgan fingerprint density at radius 3 is 1.40 bits per heavy atom. The average Bonchev–Trinajstić information content (AvgIpc) is 0.864. The van der Waals surface area contributed by atoms with E-state index in [1.165, 1.54) is 77.1 Å². The lowest BCUT2D eigenvalue weighted by Crippen LogP contribution is -2.61. The van der Waals surface area contributed by atoms with Gasteiger partial charge in [0.15, 0.2) is 0 Å². The van der Waals surface area contributed by atoms with Crippen LogP contribution in [0.1, 0.15) is 80.5 Å². The Kier molecular flexibility index (Phi) is 12.4. The molecule has 3 heterocycles. The third-order valence-corrected chi connectivity index (χ3v) is 17.7. The highest BCUT2D eigenvalue weighted by Crippen LogP contribution is 2.53. The summed E-state index contributed by atoms with van der Waals surface area (Å²) in [6, 6.07) is 86.2. The van der Waals surface area contributed by atoms with Crippen LogP contribution in [-0.2, 0) is 10.8 Å². The smallest absolute Gasteiger partial charge is 0.252 e. The largest absolute Gasteiger partial charge is 0.311 e. The molecule has 0 N–H and O–H groups in total. The molecular formula is C79H67BN4. The van der Waals surface area contributed by atoms with Gasteiger partial charge in [0.2, 0.25) is 0 Å². The number of benzene rings is 11. The summed E-state index contributed by atoms with van der Waals surface area (Å²) in [5.41, 5.74) is 30.4. The van der Waals surface area contributed by atoms with Gasteiger partial charge >= 0.3 is 0 Å². The Bertz CT molecular complexity index is 4540. The first-order valence-electron chi connectivity index (χ1n) is 29.6. The van der Waals surface area contributed by atoms with Gasteiger partial charge in [-0.25, -0.2) is 0 Å². The van der Waals surface area contributed by atoms with Crippen molar-refractivity contribution in [1.82, 2.24) is 4.57 Å². The molecule has 2 aliphatic heterocycles. The van der Waals surface area contributed by atoms with Gasteiger partial charge in [0.05, 0.1) is 34.0 Å². The molecule has 0 atom stereocenters. The van der Waals surface area contributed by atoms with Crippen molar-refractivity contribution in [2.45, 2.75) is 80.1 Å². The summed E-state index contributed by atoms with van der Waals surface area (Å²) in [6.45, 7) is 22.8. The number of fused-ring (bicyclic) bond motifs is 7. The number of anilines is 6. The summed E-state index contributed by atoms with van der Waals surface area (Å²) in [5, 5.41) is 13.5. The molecule has 0 saturated carbocycles. The van der Waals surface area contributed by atoms with Crippen LogP contribution >= 0.6 is 0 Å². The van der Waals surface area contributed by atoms with E-state index >= 15 is 0 Å². The van der Waals surface area contributed by atoms with E-state index in [0.717, 1.165) is 78.8 Å². The summed E-state index contributed by atoms with van der Waals surface area (Å²) >= 11 is 0. The van der Waals surface area contributed by atoms with Crippen LogP contribution in [0.15, 0.2) is 224 Å². The van der Waals surface area contributed by atoms with E-state index in [0.29, 0.717) is 5.56 Å². The summed E-state index contributed by atoms with van der Waals surface area (Å²) in [6.07, 6.45) is 0. The van der Waals surface area contributed by atoms with Crippen LogP contribution in [0.4, 0.5) is 34.1 Å². The van der Waals surface area contributed by atoms with Gasteiger partial charge in [0.1, 0.15) is 0 Å². The Morgan fingerprint density at radius 1 is 0.381 bits per heavy atom. The minimum Gasteiger partial charge on any atom is -0.311 e. The van der Waals surface area contributed by atoms with Crippen molar-refractivity contribution >= 4 is 79.0 Å². The van der Waals surface area contributed by atoms with Gasteiger partial charge in [-0.05, 0) is 172 Å². The Morgan fingerprint density at radius 2 is 0.881 bits per heavy atom. The first kappa shape index (κ1) is 52.5. The molecule has 0 bridgehead atoms. The standard InChI is InChI=1S/C79H67BN4/c1-49-37-51(3)75-65(39-49)66-40-50(2)38-52(4)76(66)82(75)61-33-34-67-71(47-61)83(69-36-32-59(78(5,6)7)44-62(69)55-25-17-12-18-26-55)72-45-60(79(8,9)10)46-73-74(72)80(67)68-43-58(54-23-15-11-16-24-54)31-35-70(68)84(73)77-63(56-27-19-13-20-28-56)41-53(48-81)42-64(77)57-29-21-14-22-30-57/h11-47H,1-10H3.